The van der Waals surface area contributed by atoms with Crippen LogP contribution in [0.3, 0.4) is 0 Å². The molecule has 1 fully saturated rings. The van der Waals surface area contributed by atoms with Gasteiger partial charge in [-0.25, -0.2) is 9.97 Å². The van der Waals surface area contributed by atoms with Crippen LogP contribution in [0.5, 0.6) is 0 Å². The number of aromatic nitrogens is 2. The van der Waals surface area contributed by atoms with Crippen LogP contribution in [0.1, 0.15) is 13.8 Å². The number of hydrogen-bond donors (Lipinski definition) is 0. The smallest absolute Gasteiger partial charge is 0.247 e. The average molecular weight is 238 g/mol. The van der Waals surface area contributed by atoms with Crippen molar-refractivity contribution in [1.29, 1.82) is 0 Å². The molecule has 1 aliphatic rings. The molecular formula is C11H15FN4O. The molecule has 0 aliphatic carbocycles. The summed E-state index contributed by atoms with van der Waals surface area (Å²) in [5.41, 5.74) is -0.714. The number of amides is 1. The van der Waals surface area contributed by atoms with Crippen molar-refractivity contribution in [1.82, 2.24) is 14.9 Å². The van der Waals surface area contributed by atoms with Crippen molar-refractivity contribution in [2.75, 3.05) is 25.0 Å². The molecule has 0 spiro atoms. The highest BCUT2D eigenvalue weighted by atomic mass is 19.1. The highest BCUT2D eigenvalue weighted by molar-refractivity contribution is 5.89. The summed E-state index contributed by atoms with van der Waals surface area (Å²) in [5.74, 6) is -0.135. The fourth-order valence-corrected chi connectivity index (χ4v) is 2.09. The van der Waals surface area contributed by atoms with E-state index < -0.39 is 11.5 Å². The molecule has 1 aromatic heterocycles. The van der Waals surface area contributed by atoms with Gasteiger partial charge in [0.2, 0.25) is 11.9 Å². The fourth-order valence-electron chi connectivity index (χ4n) is 2.09. The zero-order valence-corrected chi connectivity index (χ0v) is 10.1. The molecule has 0 N–H and O–H groups in total. The van der Waals surface area contributed by atoms with E-state index in [9.17, 15) is 9.18 Å². The summed E-state index contributed by atoms with van der Waals surface area (Å²) < 4.78 is 13.1. The summed E-state index contributed by atoms with van der Waals surface area (Å²) in [5, 5.41) is 0. The number of nitrogens with zero attached hydrogens (tertiary/aromatic N) is 4. The second kappa shape index (κ2) is 3.94. The molecule has 1 amide bonds. The second-order valence-electron chi connectivity index (χ2n) is 4.64. The Morgan fingerprint density at radius 2 is 2.06 bits per heavy atom. The van der Waals surface area contributed by atoms with E-state index in [1.165, 1.54) is 12.4 Å². The number of piperazine rings is 1. The first-order valence-electron chi connectivity index (χ1n) is 5.43. The van der Waals surface area contributed by atoms with Gasteiger partial charge in [0.25, 0.3) is 0 Å². The van der Waals surface area contributed by atoms with Gasteiger partial charge in [0.1, 0.15) is 17.7 Å². The molecular weight excluding hydrogens is 223 g/mol. The standard InChI is InChI=1S/C11H15FN4O/c1-11(2)10(17)15(3)4-5-16(11)9-6-8(12)13-7-14-9/h6-7H,4-5H2,1-3H3. The van der Waals surface area contributed by atoms with E-state index in [-0.39, 0.29) is 5.91 Å². The van der Waals surface area contributed by atoms with Crippen molar-refractivity contribution in [3.63, 3.8) is 0 Å². The molecule has 2 heterocycles. The van der Waals surface area contributed by atoms with E-state index in [2.05, 4.69) is 9.97 Å². The quantitative estimate of drug-likeness (QED) is 0.675. The van der Waals surface area contributed by atoms with Gasteiger partial charge < -0.3 is 9.80 Å². The van der Waals surface area contributed by atoms with Gasteiger partial charge in [-0.3, -0.25) is 4.79 Å². The largest absolute Gasteiger partial charge is 0.342 e. The van der Waals surface area contributed by atoms with Crippen LogP contribution in [0.2, 0.25) is 0 Å². The number of hydrogen-bond acceptors (Lipinski definition) is 4. The molecule has 92 valence electrons. The summed E-state index contributed by atoms with van der Waals surface area (Å²) in [6.45, 7) is 4.86. The third-order valence-electron chi connectivity index (χ3n) is 3.10. The van der Waals surface area contributed by atoms with E-state index in [4.69, 9.17) is 0 Å². The van der Waals surface area contributed by atoms with Crippen molar-refractivity contribution in [2.24, 2.45) is 0 Å². The van der Waals surface area contributed by atoms with Crippen molar-refractivity contribution in [2.45, 2.75) is 19.4 Å². The van der Waals surface area contributed by atoms with Crippen LogP contribution in [0.15, 0.2) is 12.4 Å². The van der Waals surface area contributed by atoms with Crippen LogP contribution >= 0.6 is 0 Å². The SMILES string of the molecule is CN1CCN(c2cc(F)ncn2)C(C)(C)C1=O. The van der Waals surface area contributed by atoms with Gasteiger partial charge >= 0.3 is 0 Å². The lowest BCUT2D eigenvalue weighted by Gasteiger charge is -2.45. The summed E-state index contributed by atoms with van der Waals surface area (Å²) >= 11 is 0. The van der Waals surface area contributed by atoms with Crippen molar-refractivity contribution < 1.29 is 9.18 Å². The maximum Gasteiger partial charge on any atom is 0.247 e. The molecule has 6 heteroatoms. The third kappa shape index (κ3) is 1.94. The summed E-state index contributed by atoms with van der Waals surface area (Å²) in [7, 11) is 1.77. The van der Waals surface area contributed by atoms with Crippen molar-refractivity contribution in [3.05, 3.63) is 18.3 Å². The van der Waals surface area contributed by atoms with E-state index in [0.29, 0.717) is 18.9 Å². The van der Waals surface area contributed by atoms with E-state index in [0.717, 1.165) is 0 Å². The molecule has 0 bridgehead atoms. The van der Waals surface area contributed by atoms with Gasteiger partial charge in [0.15, 0.2) is 0 Å². The summed E-state index contributed by atoms with van der Waals surface area (Å²) in [4.78, 5) is 23.0. The predicted octanol–water partition coefficient (Wildman–Crippen LogP) is 0.673. The van der Waals surface area contributed by atoms with Crippen LogP contribution in [0.4, 0.5) is 10.2 Å². The van der Waals surface area contributed by atoms with Crippen LogP contribution in [-0.4, -0.2) is 46.5 Å². The minimum atomic E-state index is -0.714. The number of carbonyl (C=O) groups excluding carboxylic acids is 1. The highest BCUT2D eigenvalue weighted by Crippen LogP contribution is 2.26. The molecule has 1 aliphatic heterocycles. The van der Waals surface area contributed by atoms with Crippen LogP contribution < -0.4 is 4.90 Å². The zero-order chi connectivity index (χ0) is 12.6. The molecule has 5 nitrogen and oxygen atoms in total. The Balaban J connectivity index is 2.36. The van der Waals surface area contributed by atoms with E-state index in [1.807, 2.05) is 13.8 Å². The maximum absolute atomic E-state index is 13.1. The van der Waals surface area contributed by atoms with Crippen molar-refractivity contribution >= 4 is 11.7 Å². The Morgan fingerprint density at radius 1 is 1.35 bits per heavy atom. The number of carbonyl (C=O) groups is 1. The number of halogens is 1. The maximum atomic E-state index is 13.1. The predicted molar refractivity (Wildman–Crippen MR) is 61.1 cm³/mol. The minimum absolute atomic E-state index is 0.00257. The number of likely N-dealkylation sites (N-methyl/N-ethyl adjacent to an activating group) is 1. The van der Waals surface area contributed by atoms with Gasteiger partial charge in [-0.15, -0.1) is 0 Å². The Labute approximate surface area is 99.3 Å². The fraction of sp³-hybridized carbons (Fsp3) is 0.545. The first kappa shape index (κ1) is 11.8. The number of anilines is 1. The van der Waals surface area contributed by atoms with Gasteiger partial charge in [0, 0.05) is 26.2 Å². The molecule has 0 saturated carbocycles. The molecule has 17 heavy (non-hydrogen) atoms. The molecule has 2 rings (SSSR count). The molecule has 0 atom stereocenters. The van der Waals surface area contributed by atoms with Gasteiger partial charge in [-0.05, 0) is 13.8 Å². The Bertz CT molecular complexity index is 449. The second-order valence-corrected chi connectivity index (χ2v) is 4.64. The monoisotopic (exact) mass is 238 g/mol. The molecule has 0 unspecified atom stereocenters. The molecule has 1 aromatic rings. The lowest BCUT2D eigenvalue weighted by molar-refractivity contribution is -0.136. The van der Waals surface area contributed by atoms with Crippen LogP contribution in [0.25, 0.3) is 0 Å². The Hall–Kier alpha value is -1.72. The first-order valence-corrected chi connectivity index (χ1v) is 5.43. The Kier molecular flexibility index (Phi) is 2.73. The highest BCUT2D eigenvalue weighted by Gasteiger charge is 2.41. The first-order chi connectivity index (χ1) is 7.93. The van der Waals surface area contributed by atoms with E-state index in [1.54, 1.807) is 16.8 Å². The normalized spacial score (nSPS) is 19.6. The van der Waals surface area contributed by atoms with E-state index >= 15 is 0 Å². The average Bonchev–Trinajstić information content (AvgIpc) is 2.26. The van der Waals surface area contributed by atoms with Crippen LogP contribution in [0, 0.1) is 5.95 Å². The molecule has 0 radical (unpaired) electrons. The molecule has 0 aromatic carbocycles. The van der Waals surface area contributed by atoms with Gasteiger partial charge in [-0.1, -0.05) is 0 Å². The van der Waals surface area contributed by atoms with Gasteiger partial charge in [0.05, 0.1) is 0 Å². The molecule has 1 saturated heterocycles. The third-order valence-corrected chi connectivity index (χ3v) is 3.10. The van der Waals surface area contributed by atoms with Gasteiger partial charge in [-0.2, -0.15) is 4.39 Å². The minimum Gasteiger partial charge on any atom is -0.342 e. The lowest BCUT2D eigenvalue weighted by atomic mass is 9.98. The zero-order valence-electron chi connectivity index (χ0n) is 10.1. The lowest BCUT2D eigenvalue weighted by Crippen LogP contribution is -2.62. The Morgan fingerprint density at radius 3 is 2.71 bits per heavy atom. The summed E-state index contributed by atoms with van der Waals surface area (Å²) in [6, 6.07) is 1.25. The topological polar surface area (TPSA) is 49.3 Å². The van der Waals surface area contributed by atoms with Crippen LogP contribution in [-0.2, 0) is 4.79 Å². The summed E-state index contributed by atoms with van der Waals surface area (Å²) in [6.07, 6.45) is 1.17. The number of rotatable bonds is 1. The van der Waals surface area contributed by atoms with Crippen molar-refractivity contribution in [3.8, 4) is 0 Å².